The molecule has 0 atom stereocenters. The lowest BCUT2D eigenvalue weighted by Gasteiger charge is -2.11. The van der Waals surface area contributed by atoms with Gasteiger partial charge in [0, 0.05) is 18.4 Å². The number of nitrogens with zero attached hydrogens (tertiary/aromatic N) is 3. The summed E-state index contributed by atoms with van der Waals surface area (Å²) in [7, 11) is 3.11. The van der Waals surface area contributed by atoms with Crippen LogP contribution in [-0.4, -0.2) is 29.2 Å². The molecule has 0 radical (unpaired) electrons. The molecule has 0 spiro atoms. The molecule has 1 aromatic heterocycles. The van der Waals surface area contributed by atoms with Gasteiger partial charge < -0.3 is 14.8 Å². The molecule has 4 N–H and O–H groups in total. The number of benzene rings is 1. The van der Waals surface area contributed by atoms with Gasteiger partial charge in [0.1, 0.15) is 0 Å². The van der Waals surface area contributed by atoms with E-state index in [0.717, 1.165) is 11.3 Å². The molecule has 20 heavy (non-hydrogen) atoms. The molecule has 1 aromatic carbocycles. The Morgan fingerprint density at radius 2 is 1.85 bits per heavy atom. The van der Waals surface area contributed by atoms with Gasteiger partial charge in [-0.3, -0.25) is 5.43 Å². The SMILES string of the molecule is COCc1ccccc1Nc1nc(NN)nc(OC)n1. The predicted molar refractivity (Wildman–Crippen MR) is 74.6 cm³/mol. The van der Waals surface area contributed by atoms with Crippen LogP contribution in [0.2, 0.25) is 0 Å². The first-order chi connectivity index (χ1) is 9.76. The first-order valence-corrected chi connectivity index (χ1v) is 5.87. The molecule has 2 rings (SSSR count). The van der Waals surface area contributed by atoms with Crippen molar-refractivity contribution in [2.75, 3.05) is 25.0 Å². The van der Waals surface area contributed by atoms with Crippen molar-refractivity contribution in [3.63, 3.8) is 0 Å². The Bertz CT molecular complexity index is 555. The van der Waals surface area contributed by atoms with Crippen LogP contribution in [0.1, 0.15) is 5.56 Å². The Morgan fingerprint density at radius 3 is 2.55 bits per heavy atom. The molecular weight excluding hydrogens is 260 g/mol. The quantitative estimate of drug-likeness (QED) is 0.531. The number of aromatic nitrogens is 3. The summed E-state index contributed by atoms with van der Waals surface area (Å²) in [6, 6.07) is 7.86. The predicted octanol–water partition coefficient (Wildman–Crippen LogP) is 1.06. The van der Waals surface area contributed by atoms with Gasteiger partial charge in [-0.15, -0.1) is 0 Å². The minimum atomic E-state index is 0.166. The summed E-state index contributed by atoms with van der Waals surface area (Å²) in [5.74, 6) is 5.85. The van der Waals surface area contributed by atoms with E-state index >= 15 is 0 Å². The first-order valence-electron chi connectivity index (χ1n) is 5.87. The number of anilines is 3. The third kappa shape index (κ3) is 3.31. The topological polar surface area (TPSA) is 107 Å². The van der Waals surface area contributed by atoms with Crippen LogP contribution >= 0.6 is 0 Å². The third-order valence-corrected chi connectivity index (χ3v) is 2.49. The maximum Gasteiger partial charge on any atom is 0.322 e. The lowest BCUT2D eigenvalue weighted by atomic mass is 10.2. The van der Waals surface area contributed by atoms with Crippen LogP contribution in [0.3, 0.4) is 0 Å². The molecule has 0 amide bonds. The largest absolute Gasteiger partial charge is 0.467 e. The molecule has 0 fully saturated rings. The van der Waals surface area contributed by atoms with Crippen LogP contribution in [-0.2, 0) is 11.3 Å². The Kier molecular flexibility index (Phi) is 4.64. The zero-order chi connectivity index (χ0) is 14.4. The van der Waals surface area contributed by atoms with Gasteiger partial charge in [0.25, 0.3) is 0 Å². The number of hydrogen-bond acceptors (Lipinski definition) is 8. The first kappa shape index (κ1) is 14.0. The van der Waals surface area contributed by atoms with E-state index in [2.05, 4.69) is 25.7 Å². The Labute approximate surface area is 116 Å². The van der Waals surface area contributed by atoms with Crippen LogP contribution < -0.4 is 21.3 Å². The van der Waals surface area contributed by atoms with E-state index < -0.39 is 0 Å². The molecule has 0 aliphatic rings. The molecule has 0 aliphatic heterocycles. The lowest BCUT2D eigenvalue weighted by Crippen LogP contribution is -2.13. The van der Waals surface area contributed by atoms with E-state index in [9.17, 15) is 0 Å². The van der Waals surface area contributed by atoms with E-state index in [0.29, 0.717) is 12.6 Å². The molecule has 0 unspecified atom stereocenters. The summed E-state index contributed by atoms with van der Waals surface area (Å²) in [5.41, 5.74) is 4.18. The highest BCUT2D eigenvalue weighted by Gasteiger charge is 2.08. The number of hydrazine groups is 1. The molecule has 0 bridgehead atoms. The van der Waals surface area contributed by atoms with Gasteiger partial charge in [-0.25, -0.2) is 5.84 Å². The van der Waals surface area contributed by atoms with Crippen molar-refractivity contribution in [1.82, 2.24) is 15.0 Å². The normalized spacial score (nSPS) is 10.2. The number of ether oxygens (including phenoxy) is 2. The second kappa shape index (κ2) is 6.64. The highest BCUT2D eigenvalue weighted by Crippen LogP contribution is 2.20. The number of nitrogens with one attached hydrogen (secondary N) is 2. The van der Waals surface area contributed by atoms with Gasteiger partial charge in [-0.05, 0) is 6.07 Å². The Morgan fingerprint density at radius 1 is 1.10 bits per heavy atom. The van der Waals surface area contributed by atoms with Gasteiger partial charge in [0.05, 0.1) is 13.7 Å². The zero-order valence-corrected chi connectivity index (χ0v) is 11.3. The fraction of sp³-hybridized carbons (Fsp3) is 0.250. The average Bonchev–Trinajstić information content (AvgIpc) is 2.49. The van der Waals surface area contributed by atoms with Crippen LogP contribution in [0, 0.1) is 0 Å². The maximum absolute atomic E-state index is 5.31. The number of para-hydroxylation sites is 1. The Hall–Kier alpha value is -2.45. The standard InChI is InChI=1S/C12H16N6O2/c1-19-7-8-5-3-4-6-9(8)14-10-15-11(18-13)17-12(16-10)20-2/h3-6H,7,13H2,1-2H3,(H2,14,15,16,17,18). The highest BCUT2D eigenvalue weighted by atomic mass is 16.5. The summed E-state index contributed by atoms with van der Waals surface area (Å²) in [6.45, 7) is 0.480. The molecule has 106 valence electrons. The summed E-state index contributed by atoms with van der Waals surface area (Å²) >= 11 is 0. The summed E-state index contributed by atoms with van der Waals surface area (Å²) < 4.78 is 10.1. The van der Waals surface area contributed by atoms with E-state index in [1.807, 2.05) is 24.3 Å². The maximum atomic E-state index is 5.31. The van der Waals surface area contributed by atoms with E-state index in [4.69, 9.17) is 15.3 Å². The molecule has 0 aliphatic carbocycles. The van der Waals surface area contributed by atoms with Crippen LogP contribution in [0.4, 0.5) is 17.6 Å². The van der Waals surface area contributed by atoms with Gasteiger partial charge in [0.15, 0.2) is 0 Å². The van der Waals surface area contributed by atoms with Crippen molar-refractivity contribution in [3.05, 3.63) is 29.8 Å². The highest BCUT2D eigenvalue weighted by molar-refractivity contribution is 5.59. The summed E-state index contributed by atoms with van der Waals surface area (Å²) in [5, 5.41) is 3.09. The average molecular weight is 276 g/mol. The minimum Gasteiger partial charge on any atom is -0.467 e. The number of methoxy groups -OCH3 is 2. The monoisotopic (exact) mass is 276 g/mol. The van der Waals surface area contributed by atoms with Crippen molar-refractivity contribution in [2.45, 2.75) is 6.61 Å². The second-order valence-corrected chi connectivity index (χ2v) is 3.83. The minimum absolute atomic E-state index is 0.166. The van der Waals surface area contributed by atoms with Crippen molar-refractivity contribution >= 4 is 17.6 Å². The van der Waals surface area contributed by atoms with E-state index in [1.165, 1.54) is 7.11 Å². The molecule has 8 nitrogen and oxygen atoms in total. The van der Waals surface area contributed by atoms with E-state index in [-0.39, 0.29) is 12.0 Å². The van der Waals surface area contributed by atoms with Gasteiger partial charge in [-0.2, -0.15) is 15.0 Å². The van der Waals surface area contributed by atoms with Crippen LogP contribution in [0.5, 0.6) is 6.01 Å². The molecule has 1 heterocycles. The lowest BCUT2D eigenvalue weighted by molar-refractivity contribution is 0.185. The zero-order valence-electron chi connectivity index (χ0n) is 11.3. The van der Waals surface area contributed by atoms with Gasteiger partial charge >= 0.3 is 6.01 Å². The number of rotatable bonds is 6. The molecule has 0 saturated carbocycles. The number of hydrogen-bond donors (Lipinski definition) is 3. The van der Waals surface area contributed by atoms with Crippen LogP contribution in [0.25, 0.3) is 0 Å². The van der Waals surface area contributed by atoms with E-state index in [1.54, 1.807) is 7.11 Å². The second-order valence-electron chi connectivity index (χ2n) is 3.83. The summed E-state index contributed by atoms with van der Waals surface area (Å²) in [6.07, 6.45) is 0. The fourth-order valence-electron chi connectivity index (χ4n) is 1.61. The van der Waals surface area contributed by atoms with Crippen molar-refractivity contribution in [1.29, 1.82) is 0 Å². The van der Waals surface area contributed by atoms with Crippen molar-refractivity contribution in [2.24, 2.45) is 5.84 Å². The molecule has 0 saturated heterocycles. The molecular formula is C12H16N6O2. The van der Waals surface area contributed by atoms with Crippen LogP contribution in [0.15, 0.2) is 24.3 Å². The number of nitrogen functional groups attached to an aromatic ring is 1. The molecule has 2 aromatic rings. The van der Waals surface area contributed by atoms with Gasteiger partial charge in [0.2, 0.25) is 11.9 Å². The number of nitrogens with two attached hydrogens (primary N) is 1. The Balaban J connectivity index is 2.29. The fourth-order valence-corrected chi connectivity index (χ4v) is 1.61. The smallest absolute Gasteiger partial charge is 0.322 e. The van der Waals surface area contributed by atoms with Gasteiger partial charge in [-0.1, -0.05) is 18.2 Å². The molecule has 8 heteroatoms. The third-order valence-electron chi connectivity index (χ3n) is 2.49. The van der Waals surface area contributed by atoms with Crippen molar-refractivity contribution < 1.29 is 9.47 Å². The summed E-state index contributed by atoms with van der Waals surface area (Å²) in [4.78, 5) is 12.1. The van der Waals surface area contributed by atoms with Crippen molar-refractivity contribution in [3.8, 4) is 6.01 Å².